The van der Waals surface area contributed by atoms with Crippen molar-refractivity contribution in [3.63, 3.8) is 0 Å². The van der Waals surface area contributed by atoms with E-state index in [0.29, 0.717) is 5.56 Å². The number of carbonyl (C=O) groups is 1. The SMILES string of the molecule is Cc1[nH]cnc1-c1ccc(NC(=O)c2ccccc2)cc1. The van der Waals surface area contributed by atoms with Gasteiger partial charge in [-0.1, -0.05) is 30.3 Å². The van der Waals surface area contributed by atoms with Gasteiger partial charge in [-0.2, -0.15) is 0 Å². The summed E-state index contributed by atoms with van der Waals surface area (Å²) in [7, 11) is 0. The monoisotopic (exact) mass is 277 g/mol. The van der Waals surface area contributed by atoms with Gasteiger partial charge in [0.05, 0.1) is 12.0 Å². The lowest BCUT2D eigenvalue weighted by Crippen LogP contribution is -2.11. The van der Waals surface area contributed by atoms with Crippen LogP contribution in [0, 0.1) is 6.92 Å². The van der Waals surface area contributed by atoms with Crippen LogP contribution < -0.4 is 5.32 Å². The van der Waals surface area contributed by atoms with Crippen molar-refractivity contribution < 1.29 is 4.79 Å². The summed E-state index contributed by atoms with van der Waals surface area (Å²) in [5.41, 5.74) is 4.38. The van der Waals surface area contributed by atoms with Crippen LogP contribution in [-0.2, 0) is 0 Å². The molecular formula is C17H15N3O. The Bertz CT molecular complexity index is 745. The second-order valence-corrected chi connectivity index (χ2v) is 4.77. The summed E-state index contributed by atoms with van der Waals surface area (Å²) in [6.07, 6.45) is 1.68. The molecule has 0 saturated heterocycles. The van der Waals surface area contributed by atoms with Crippen molar-refractivity contribution >= 4 is 11.6 Å². The number of hydrogen-bond donors (Lipinski definition) is 2. The third kappa shape index (κ3) is 2.84. The van der Waals surface area contributed by atoms with Gasteiger partial charge in [-0.25, -0.2) is 4.98 Å². The summed E-state index contributed by atoms with van der Waals surface area (Å²) in [5, 5.41) is 2.88. The fourth-order valence-corrected chi connectivity index (χ4v) is 2.15. The highest BCUT2D eigenvalue weighted by atomic mass is 16.1. The predicted molar refractivity (Wildman–Crippen MR) is 83.2 cm³/mol. The molecule has 0 aliphatic heterocycles. The van der Waals surface area contributed by atoms with Gasteiger partial charge in [-0.15, -0.1) is 0 Å². The van der Waals surface area contributed by atoms with Gasteiger partial charge in [0.1, 0.15) is 0 Å². The van der Waals surface area contributed by atoms with Crippen LogP contribution in [-0.4, -0.2) is 15.9 Å². The van der Waals surface area contributed by atoms with E-state index < -0.39 is 0 Å². The van der Waals surface area contributed by atoms with E-state index in [1.807, 2.05) is 49.4 Å². The van der Waals surface area contributed by atoms with Crippen molar-refractivity contribution in [2.24, 2.45) is 0 Å². The van der Waals surface area contributed by atoms with E-state index in [-0.39, 0.29) is 5.91 Å². The molecule has 0 unspecified atom stereocenters. The summed E-state index contributed by atoms with van der Waals surface area (Å²) >= 11 is 0. The van der Waals surface area contributed by atoms with Gasteiger partial charge >= 0.3 is 0 Å². The van der Waals surface area contributed by atoms with Gasteiger partial charge in [0, 0.05) is 22.5 Å². The molecule has 1 aromatic heterocycles. The number of carbonyl (C=O) groups excluding carboxylic acids is 1. The Morgan fingerprint density at radius 3 is 2.38 bits per heavy atom. The lowest BCUT2D eigenvalue weighted by molar-refractivity contribution is 0.102. The van der Waals surface area contributed by atoms with Crippen molar-refractivity contribution in [3.8, 4) is 11.3 Å². The zero-order valence-electron chi connectivity index (χ0n) is 11.6. The van der Waals surface area contributed by atoms with Crippen molar-refractivity contribution in [2.75, 3.05) is 5.32 Å². The second kappa shape index (κ2) is 5.63. The van der Waals surface area contributed by atoms with Gasteiger partial charge in [0.15, 0.2) is 0 Å². The third-order valence-electron chi connectivity index (χ3n) is 3.28. The van der Waals surface area contributed by atoms with Crippen molar-refractivity contribution in [3.05, 3.63) is 72.2 Å². The van der Waals surface area contributed by atoms with Crippen LogP contribution >= 0.6 is 0 Å². The maximum atomic E-state index is 12.1. The van der Waals surface area contributed by atoms with Crippen LogP contribution in [0.2, 0.25) is 0 Å². The molecule has 2 N–H and O–H groups in total. The molecule has 0 fully saturated rings. The number of aromatic amines is 1. The zero-order valence-corrected chi connectivity index (χ0v) is 11.6. The molecule has 1 heterocycles. The summed E-state index contributed by atoms with van der Waals surface area (Å²) in [4.78, 5) is 19.4. The quantitative estimate of drug-likeness (QED) is 0.768. The van der Waals surface area contributed by atoms with Crippen molar-refractivity contribution in [1.82, 2.24) is 9.97 Å². The molecule has 4 heteroatoms. The summed E-state index contributed by atoms with van der Waals surface area (Å²) < 4.78 is 0. The molecule has 0 aliphatic carbocycles. The minimum absolute atomic E-state index is 0.112. The van der Waals surface area contributed by atoms with Crippen molar-refractivity contribution in [1.29, 1.82) is 0 Å². The highest BCUT2D eigenvalue weighted by Crippen LogP contribution is 2.21. The number of H-pyrrole nitrogens is 1. The number of amides is 1. The fraction of sp³-hybridized carbons (Fsp3) is 0.0588. The van der Waals surface area contributed by atoms with E-state index >= 15 is 0 Å². The number of anilines is 1. The zero-order chi connectivity index (χ0) is 14.7. The Hall–Kier alpha value is -2.88. The van der Waals surface area contributed by atoms with Gasteiger partial charge in [0.2, 0.25) is 0 Å². The summed E-state index contributed by atoms with van der Waals surface area (Å²) in [6, 6.07) is 16.8. The minimum atomic E-state index is -0.112. The standard InChI is InChI=1S/C17H15N3O/c1-12-16(19-11-18-12)13-7-9-15(10-8-13)20-17(21)14-5-3-2-4-6-14/h2-11H,1H3,(H,18,19)(H,20,21). The molecule has 3 rings (SSSR count). The molecule has 4 nitrogen and oxygen atoms in total. The first-order valence-electron chi connectivity index (χ1n) is 6.71. The molecule has 1 amide bonds. The first kappa shape index (κ1) is 13.1. The number of hydrogen-bond acceptors (Lipinski definition) is 2. The minimum Gasteiger partial charge on any atom is -0.348 e. The Kier molecular flexibility index (Phi) is 3.51. The normalized spacial score (nSPS) is 10.3. The lowest BCUT2D eigenvalue weighted by Gasteiger charge is -2.06. The van der Waals surface area contributed by atoms with E-state index in [4.69, 9.17) is 0 Å². The lowest BCUT2D eigenvalue weighted by atomic mass is 10.1. The molecule has 0 atom stereocenters. The molecule has 0 bridgehead atoms. The van der Waals surface area contributed by atoms with Gasteiger partial charge < -0.3 is 10.3 Å². The average Bonchev–Trinajstić information content (AvgIpc) is 2.95. The molecule has 2 aromatic carbocycles. The van der Waals surface area contributed by atoms with Crippen LogP contribution in [0.5, 0.6) is 0 Å². The predicted octanol–water partition coefficient (Wildman–Crippen LogP) is 3.64. The number of aryl methyl sites for hydroxylation is 1. The largest absolute Gasteiger partial charge is 0.348 e. The molecule has 104 valence electrons. The molecule has 0 saturated carbocycles. The fourth-order valence-electron chi connectivity index (χ4n) is 2.15. The highest BCUT2D eigenvalue weighted by molar-refractivity contribution is 6.04. The molecular weight excluding hydrogens is 262 g/mol. The molecule has 0 spiro atoms. The van der Waals surface area contributed by atoms with Crippen molar-refractivity contribution in [2.45, 2.75) is 6.92 Å². The number of aromatic nitrogens is 2. The Balaban J connectivity index is 1.76. The van der Waals surface area contributed by atoms with Crippen LogP contribution in [0.3, 0.4) is 0 Å². The van der Waals surface area contributed by atoms with E-state index in [1.165, 1.54) is 0 Å². The third-order valence-corrected chi connectivity index (χ3v) is 3.28. The van der Waals surface area contributed by atoms with E-state index in [9.17, 15) is 4.79 Å². The smallest absolute Gasteiger partial charge is 0.255 e. The maximum absolute atomic E-state index is 12.1. The summed E-state index contributed by atoms with van der Waals surface area (Å²) in [5.74, 6) is -0.112. The number of rotatable bonds is 3. The van der Waals surface area contributed by atoms with E-state index in [0.717, 1.165) is 22.6 Å². The molecule has 0 radical (unpaired) electrons. The Morgan fingerprint density at radius 1 is 1.05 bits per heavy atom. The first-order chi connectivity index (χ1) is 10.2. The number of benzene rings is 2. The first-order valence-corrected chi connectivity index (χ1v) is 6.71. The Morgan fingerprint density at radius 2 is 1.76 bits per heavy atom. The van der Waals surface area contributed by atoms with Crippen LogP contribution in [0.1, 0.15) is 16.1 Å². The number of imidazole rings is 1. The summed E-state index contributed by atoms with van der Waals surface area (Å²) in [6.45, 7) is 1.98. The van der Waals surface area contributed by atoms with E-state index in [1.54, 1.807) is 18.5 Å². The van der Waals surface area contributed by atoms with Gasteiger partial charge in [-0.3, -0.25) is 4.79 Å². The molecule has 3 aromatic rings. The highest BCUT2D eigenvalue weighted by Gasteiger charge is 2.07. The van der Waals surface area contributed by atoms with Crippen LogP contribution in [0.25, 0.3) is 11.3 Å². The molecule has 21 heavy (non-hydrogen) atoms. The topological polar surface area (TPSA) is 57.8 Å². The number of nitrogens with zero attached hydrogens (tertiary/aromatic N) is 1. The average molecular weight is 277 g/mol. The van der Waals surface area contributed by atoms with Gasteiger partial charge in [-0.05, 0) is 31.2 Å². The molecule has 0 aliphatic rings. The van der Waals surface area contributed by atoms with Crippen LogP contribution in [0.15, 0.2) is 60.9 Å². The maximum Gasteiger partial charge on any atom is 0.255 e. The van der Waals surface area contributed by atoms with E-state index in [2.05, 4.69) is 15.3 Å². The Labute approximate surface area is 122 Å². The van der Waals surface area contributed by atoms with Crippen LogP contribution in [0.4, 0.5) is 5.69 Å². The number of nitrogens with one attached hydrogen (secondary N) is 2. The second-order valence-electron chi connectivity index (χ2n) is 4.77. The van der Waals surface area contributed by atoms with Gasteiger partial charge in [0.25, 0.3) is 5.91 Å².